The van der Waals surface area contributed by atoms with Gasteiger partial charge < -0.3 is 19.7 Å². The zero-order chi connectivity index (χ0) is 23.6. The van der Waals surface area contributed by atoms with Gasteiger partial charge in [0.1, 0.15) is 17.2 Å². The number of benzene rings is 3. The number of carbonyl (C=O) groups excluding carboxylic acids is 1. The Morgan fingerprint density at radius 2 is 1.58 bits per heavy atom. The number of para-hydroxylation sites is 1. The Kier molecular flexibility index (Phi) is 9.22. The average molecular weight is 465 g/mol. The van der Waals surface area contributed by atoms with E-state index in [0.717, 1.165) is 42.3 Å². The third-order valence-electron chi connectivity index (χ3n) is 5.57. The number of hydrogen-bond acceptors (Lipinski definition) is 5. The predicted octanol–water partition coefficient (Wildman–Crippen LogP) is 5.58. The second-order valence-corrected chi connectivity index (χ2v) is 8.15. The van der Waals surface area contributed by atoms with Crippen LogP contribution in [0.25, 0.3) is 0 Å². The Morgan fingerprint density at radius 1 is 0.939 bits per heavy atom. The molecule has 33 heavy (non-hydrogen) atoms. The van der Waals surface area contributed by atoms with Gasteiger partial charge in [0.15, 0.2) is 0 Å². The molecule has 1 unspecified atom stereocenters. The molecule has 3 rings (SSSR count). The Bertz CT molecular complexity index is 1020. The number of amides is 1. The average Bonchev–Trinajstić information content (AvgIpc) is 2.86. The van der Waals surface area contributed by atoms with Gasteiger partial charge in [-0.1, -0.05) is 50.2 Å². The van der Waals surface area contributed by atoms with Gasteiger partial charge in [-0.15, -0.1) is 0 Å². The second kappa shape index (κ2) is 12.3. The van der Waals surface area contributed by atoms with E-state index in [2.05, 4.69) is 24.1 Å². The van der Waals surface area contributed by atoms with Crippen molar-refractivity contribution in [2.45, 2.75) is 19.1 Å². The summed E-state index contributed by atoms with van der Waals surface area (Å²) in [6.45, 7) is 7.58. The normalized spacial score (nSPS) is 11.8. The fraction of sp³-hybridized carbons (Fsp3) is 0.296. The van der Waals surface area contributed by atoms with Crippen molar-refractivity contribution >= 4 is 18.5 Å². The van der Waals surface area contributed by atoms with Crippen molar-refractivity contribution in [1.82, 2.24) is 10.2 Å². The van der Waals surface area contributed by atoms with Gasteiger partial charge in [0.05, 0.1) is 17.9 Å². The van der Waals surface area contributed by atoms with E-state index >= 15 is 0 Å². The van der Waals surface area contributed by atoms with Crippen molar-refractivity contribution in [2.75, 3.05) is 33.3 Å². The molecule has 0 radical (unpaired) electrons. The number of rotatable bonds is 11. The van der Waals surface area contributed by atoms with Gasteiger partial charge >= 0.3 is 0 Å². The van der Waals surface area contributed by atoms with E-state index in [4.69, 9.17) is 22.1 Å². The Labute approximate surface area is 202 Å². The number of carbonyl (C=O) groups is 1. The van der Waals surface area contributed by atoms with Gasteiger partial charge in [-0.25, -0.2) is 0 Å². The van der Waals surface area contributed by atoms with E-state index in [0.29, 0.717) is 17.9 Å². The number of thiol groups is 1. The lowest BCUT2D eigenvalue weighted by Gasteiger charge is -2.19. The molecule has 5 nitrogen and oxygen atoms in total. The highest BCUT2D eigenvalue weighted by Crippen LogP contribution is 2.33. The summed E-state index contributed by atoms with van der Waals surface area (Å²) < 4.78 is 11.4. The van der Waals surface area contributed by atoms with Gasteiger partial charge in [0.2, 0.25) is 0 Å². The highest BCUT2D eigenvalue weighted by molar-refractivity contribution is 7.80. The van der Waals surface area contributed by atoms with Gasteiger partial charge in [-0.05, 0) is 60.6 Å². The summed E-state index contributed by atoms with van der Waals surface area (Å²) in [7, 11) is 1.58. The van der Waals surface area contributed by atoms with E-state index in [1.165, 1.54) is 0 Å². The first-order valence-electron chi connectivity index (χ1n) is 11.2. The second-order valence-electron chi connectivity index (χ2n) is 7.63. The van der Waals surface area contributed by atoms with Crippen molar-refractivity contribution < 1.29 is 14.3 Å². The molecule has 0 bridgehead atoms. The van der Waals surface area contributed by atoms with Crippen LogP contribution >= 0.6 is 12.6 Å². The molecule has 0 fully saturated rings. The zero-order valence-electron chi connectivity index (χ0n) is 19.5. The monoisotopic (exact) mass is 464 g/mol. The molecule has 0 heterocycles. The first-order valence-corrected chi connectivity index (χ1v) is 11.8. The van der Waals surface area contributed by atoms with E-state index < -0.39 is 0 Å². The van der Waals surface area contributed by atoms with Crippen molar-refractivity contribution in [3.05, 3.63) is 89.5 Å². The lowest BCUT2D eigenvalue weighted by molar-refractivity contribution is 0.0946. The fourth-order valence-electron chi connectivity index (χ4n) is 3.56. The van der Waals surface area contributed by atoms with Crippen LogP contribution in [0.2, 0.25) is 0 Å². The number of ether oxygens (including phenoxy) is 2. The van der Waals surface area contributed by atoms with E-state index in [-0.39, 0.29) is 11.2 Å². The smallest absolute Gasteiger partial charge is 0.255 e. The molecule has 3 aromatic rings. The molecule has 1 N–H and O–H groups in total. The quantitative estimate of drug-likeness (QED) is 0.364. The first-order chi connectivity index (χ1) is 16.0. The van der Waals surface area contributed by atoms with E-state index in [1.54, 1.807) is 13.2 Å². The molecule has 174 valence electrons. The summed E-state index contributed by atoms with van der Waals surface area (Å²) in [5.41, 5.74) is 2.50. The van der Waals surface area contributed by atoms with Crippen LogP contribution in [-0.4, -0.2) is 44.1 Å². The fourth-order valence-corrected chi connectivity index (χ4v) is 3.90. The van der Waals surface area contributed by atoms with Gasteiger partial charge in [-0.2, -0.15) is 12.6 Å². The molecule has 0 saturated heterocycles. The number of likely N-dealkylation sites (N-methyl/N-ethyl adjacent to an activating group) is 1. The van der Waals surface area contributed by atoms with E-state index in [9.17, 15) is 4.79 Å². The maximum absolute atomic E-state index is 12.7. The molecule has 0 spiro atoms. The summed E-state index contributed by atoms with van der Waals surface area (Å²) in [6, 6.07) is 23.1. The van der Waals surface area contributed by atoms with Gasteiger partial charge in [0, 0.05) is 13.1 Å². The molecule has 0 aliphatic rings. The zero-order valence-corrected chi connectivity index (χ0v) is 20.3. The molecule has 1 atom stereocenters. The third kappa shape index (κ3) is 6.76. The van der Waals surface area contributed by atoms with E-state index in [1.807, 2.05) is 66.7 Å². The standard InChI is InChI=1S/C27H32N2O3S/c1-4-29(5-2)18-17-28-27(30)24-16-13-21(19-25(24)31-3)26(33)20-11-14-23(15-12-20)32-22-9-7-6-8-10-22/h6-16,19,26,33H,4-5,17-18H2,1-3H3,(H,28,30). The van der Waals surface area contributed by atoms with Crippen LogP contribution in [0.5, 0.6) is 17.2 Å². The molecule has 3 aromatic carbocycles. The predicted molar refractivity (Wildman–Crippen MR) is 137 cm³/mol. The van der Waals surface area contributed by atoms with Crippen molar-refractivity contribution in [1.29, 1.82) is 0 Å². The summed E-state index contributed by atoms with van der Waals surface area (Å²) in [5.74, 6) is 1.96. The first kappa shape index (κ1) is 24.7. The summed E-state index contributed by atoms with van der Waals surface area (Å²) in [4.78, 5) is 14.9. The molecule has 6 heteroatoms. The van der Waals surface area contributed by atoms with Crippen molar-refractivity contribution in [3.63, 3.8) is 0 Å². The number of hydrogen-bond donors (Lipinski definition) is 2. The molecule has 0 aliphatic heterocycles. The van der Waals surface area contributed by atoms with Crippen LogP contribution in [0.4, 0.5) is 0 Å². The van der Waals surface area contributed by atoms with Crippen molar-refractivity contribution in [2.24, 2.45) is 0 Å². The Morgan fingerprint density at radius 3 is 2.21 bits per heavy atom. The topological polar surface area (TPSA) is 50.8 Å². The number of methoxy groups -OCH3 is 1. The summed E-state index contributed by atoms with van der Waals surface area (Å²) in [5, 5.41) is 2.82. The summed E-state index contributed by atoms with van der Waals surface area (Å²) in [6.07, 6.45) is 0. The number of nitrogens with zero attached hydrogens (tertiary/aromatic N) is 1. The Hall–Kier alpha value is -2.96. The maximum atomic E-state index is 12.7. The summed E-state index contributed by atoms with van der Waals surface area (Å²) >= 11 is 4.81. The molecular formula is C27H32N2O3S. The van der Waals surface area contributed by atoms with Crippen LogP contribution in [-0.2, 0) is 0 Å². The minimum atomic E-state index is -0.163. The highest BCUT2D eigenvalue weighted by atomic mass is 32.1. The third-order valence-corrected chi connectivity index (χ3v) is 6.16. The molecular weight excluding hydrogens is 432 g/mol. The molecule has 0 aromatic heterocycles. The van der Waals surface area contributed by atoms with Crippen LogP contribution in [0, 0.1) is 0 Å². The maximum Gasteiger partial charge on any atom is 0.255 e. The highest BCUT2D eigenvalue weighted by Gasteiger charge is 2.17. The van der Waals surface area contributed by atoms with Crippen LogP contribution in [0.15, 0.2) is 72.8 Å². The van der Waals surface area contributed by atoms with Crippen molar-refractivity contribution in [3.8, 4) is 17.2 Å². The Balaban J connectivity index is 1.67. The van der Waals surface area contributed by atoms with Crippen LogP contribution in [0.3, 0.4) is 0 Å². The minimum absolute atomic E-state index is 0.135. The van der Waals surface area contributed by atoms with Gasteiger partial charge in [0.25, 0.3) is 5.91 Å². The lowest BCUT2D eigenvalue weighted by Crippen LogP contribution is -2.34. The number of nitrogens with one attached hydrogen (secondary N) is 1. The van der Waals surface area contributed by atoms with Gasteiger partial charge in [-0.3, -0.25) is 4.79 Å². The lowest BCUT2D eigenvalue weighted by atomic mass is 10.0. The molecule has 0 saturated carbocycles. The molecule has 0 aliphatic carbocycles. The van der Waals surface area contributed by atoms with Crippen LogP contribution in [0.1, 0.15) is 40.6 Å². The minimum Gasteiger partial charge on any atom is -0.496 e. The molecule has 1 amide bonds. The van der Waals surface area contributed by atoms with Crippen LogP contribution < -0.4 is 14.8 Å². The SMILES string of the molecule is CCN(CC)CCNC(=O)c1ccc(C(S)c2ccc(Oc3ccccc3)cc2)cc1OC. The largest absolute Gasteiger partial charge is 0.496 e.